The largest absolute Gasteiger partial charge is 0.383 e. The van der Waals surface area contributed by atoms with E-state index in [2.05, 4.69) is 5.10 Å². The van der Waals surface area contributed by atoms with E-state index in [9.17, 15) is 5.11 Å². The summed E-state index contributed by atoms with van der Waals surface area (Å²) in [5.41, 5.74) is -0.00753. The third kappa shape index (κ3) is 1.90. The molecule has 15 heavy (non-hydrogen) atoms. The Hall–Kier alpha value is -0.190. The lowest BCUT2D eigenvalue weighted by Gasteiger charge is -2.24. The van der Waals surface area contributed by atoms with Gasteiger partial charge in [-0.2, -0.15) is 16.9 Å². The number of aromatic nitrogens is 2. The van der Waals surface area contributed by atoms with Crippen molar-refractivity contribution >= 4 is 23.4 Å². The van der Waals surface area contributed by atoms with E-state index < -0.39 is 5.60 Å². The van der Waals surface area contributed by atoms with E-state index in [1.807, 2.05) is 18.5 Å². The van der Waals surface area contributed by atoms with Gasteiger partial charge < -0.3 is 5.11 Å². The van der Waals surface area contributed by atoms with Gasteiger partial charge in [0.15, 0.2) is 0 Å². The predicted molar refractivity (Wildman–Crippen MR) is 63.5 cm³/mol. The van der Waals surface area contributed by atoms with E-state index in [4.69, 9.17) is 11.6 Å². The minimum absolute atomic E-state index is 0.224. The molecule has 0 amide bonds. The van der Waals surface area contributed by atoms with Crippen molar-refractivity contribution in [3.8, 4) is 0 Å². The summed E-state index contributed by atoms with van der Waals surface area (Å²) in [7, 11) is 0. The molecule has 1 unspecified atom stereocenters. The van der Waals surface area contributed by atoms with E-state index in [-0.39, 0.29) is 6.04 Å². The Balaban J connectivity index is 2.45. The zero-order valence-electron chi connectivity index (χ0n) is 8.90. The molecule has 1 aliphatic heterocycles. The normalized spacial score (nSPS) is 26.5. The first kappa shape index (κ1) is 11.3. The molecule has 0 aromatic carbocycles. The maximum Gasteiger partial charge on any atom is 0.117 e. The van der Waals surface area contributed by atoms with Crippen LogP contribution in [0.25, 0.3) is 0 Å². The molecule has 3 nitrogen and oxygen atoms in total. The highest BCUT2D eigenvalue weighted by molar-refractivity contribution is 7.99. The molecule has 0 bridgehead atoms. The quantitative estimate of drug-likeness (QED) is 0.871. The fourth-order valence-corrected chi connectivity index (χ4v) is 3.46. The van der Waals surface area contributed by atoms with Crippen LogP contribution in [0.5, 0.6) is 0 Å². The summed E-state index contributed by atoms with van der Waals surface area (Å²) in [6.45, 7) is 4.08. The van der Waals surface area contributed by atoms with Crippen molar-refractivity contribution in [2.75, 3.05) is 11.5 Å². The van der Waals surface area contributed by atoms with Gasteiger partial charge in [0.2, 0.25) is 0 Å². The lowest BCUT2D eigenvalue weighted by molar-refractivity contribution is 0.0547. The Morgan fingerprint density at radius 2 is 2.40 bits per heavy atom. The van der Waals surface area contributed by atoms with Crippen molar-refractivity contribution in [2.45, 2.75) is 31.9 Å². The molecule has 0 spiro atoms. The van der Waals surface area contributed by atoms with Gasteiger partial charge in [-0.3, -0.25) is 4.68 Å². The van der Waals surface area contributed by atoms with Crippen LogP contribution < -0.4 is 0 Å². The molecule has 1 aromatic rings. The van der Waals surface area contributed by atoms with Gasteiger partial charge in [-0.1, -0.05) is 11.6 Å². The summed E-state index contributed by atoms with van der Waals surface area (Å²) in [6, 6.07) is 0.224. The average molecular weight is 247 g/mol. The SMILES string of the molecule is CC(C)n1ncc(Cl)c1C1(O)CCSC1. The number of nitrogens with zero attached hydrogens (tertiary/aromatic N) is 2. The summed E-state index contributed by atoms with van der Waals surface area (Å²) in [5, 5.41) is 15.3. The van der Waals surface area contributed by atoms with Crippen LogP contribution in [0, 0.1) is 0 Å². The Labute approximate surface area is 98.8 Å². The molecule has 1 saturated heterocycles. The Bertz CT molecular complexity index is 358. The molecule has 84 valence electrons. The van der Waals surface area contributed by atoms with Gasteiger partial charge in [-0.05, 0) is 26.0 Å². The second-order valence-electron chi connectivity index (χ2n) is 4.21. The summed E-state index contributed by atoms with van der Waals surface area (Å²) < 4.78 is 1.83. The van der Waals surface area contributed by atoms with Crippen LogP contribution in [0.1, 0.15) is 32.0 Å². The average Bonchev–Trinajstić information content (AvgIpc) is 2.72. The van der Waals surface area contributed by atoms with Crippen molar-refractivity contribution < 1.29 is 5.11 Å². The van der Waals surface area contributed by atoms with Crippen molar-refractivity contribution in [3.05, 3.63) is 16.9 Å². The van der Waals surface area contributed by atoms with E-state index in [0.717, 1.165) is 17.9 Å². The lowest BCUT2D eigenvalue weighted by atomic mass is 9.99. The lowest BCUT2D eigenvalue weighted by Crippen LogP contribution is -2.29. The molecule has 0 saturated carbocycles. The molecular weight excluding hydrogens is 232 g/mol. The van der Waals surface area contributed by atoms with E-state index in [1.54, 1.807) is 18.0 Å². The molecule has 0 aliphatic carbocycles. The van der Waals surface area contributed by atoms with Crippen LogP contribution in [0.2, 0.25) is 5.02 Å². The van der Waals surface area contributed by atoms with Gasteiger partial charge in [0.05, 0.1) is 16.9 Å². The van der Waals surface area contributed by atoms with Crippen LogP contribution >= 0.6 is 23.4 Å². The first-order chi connectivity index (χ1) is 7.04. The highest BCUT2D eigenvalue weighted by Gasteiger charge is 2.39. The van der Waals surface area contributed by atoms with Crippen molar-refractivity contribution in [1.82, 2.24) is 9.78 Å². The molecule has 1 N–H and O–H groups in total. The summed E-state index contributed by atoms with van der Waals surface area (Å²) in [4.78, 5) is 0. The predicted octanol–water partition coefficient (Wildman–Crippen LogP) is 2.44. The van der Waals surface area contributed by atoms with Crippen LogP contribution in [0.3, 0.4) is 0 Å². The highest BCUT2D eigenvalue weighted by atomic mass is 35.5. The second-order valence-corrected chi connectivity index (χ2v) is 5.73. The van der Waals surface area contributed by atoms with Gasteiger partial charge in [-0.15, -0.1) is 0 Å². The molecule has 2 rings (SSSR count). The standard InChI is InChI=1S/C10H15ClN2OS/c1-7(2)13-9(8(11)5-12-13)10(14)3-4-15-6-10/h5,7,14H,3-4,6H2,1-2H3. The first-order valence-corrected chi connectivity index (χ1v) is 6.61. The van der Waals surface area contributed by atoms with Crippen LogP contribution in [0.15, 0.2) is 6.20 Å². The smallest absolute Gasteiger partial charge is 0.117 e. The topological polar surface area (TPSA) is 38.0 Å². The number of hydrogen-bond donors (Lipinski definition) is 1. The van der Waals surface area contributed by atoms with Crippen LogP contribution in [-0.4, -0.2) is 26.4 Å². The summed E-state index contributed by atoms with van der Waals surface area (Å²) in [5.74, 6) is 1.70. The monoisotopic (exact) mass is 246 g/mol. The molecule has 1 aliphatic rings. The Kier molecular flexibility index (Phi) is 3.01. The van der Waals surface area contributed by atoms with E-state index in [0.29, 0.717) is 10.8 Å². The zero-order valence-corrected chi connectivity index (χ0v) is 10.5. The van der Waals surface area contributed by atoms with Gasteiger partial charge in [-0.25, -0.2) is 0 Å². The number of thioether (sulfide) groups is 1. The maximum absolute atomic E-state index is 10.5. The second kappa shape index (κ2) is 4.00. The highest BCUT2D eigenvalue weighted by Crippen LogP contribution is 2.40. The van der Waals surface area contributed by atoms with Gasteiger partial charge in [0, 0.05) is 11.8 Å². The number of hydrogen-bond acceptors (Lipinski definition) is 3. The fraction of sp³-hybridized carbons (Fsp3) is 0.700. The first-order valence-electron chi connectivity index (χ1n) is 5.08. The summed E-state index contributed by atoms with van der Waals surface area (Å²) >= 11 is 7.86. The zero-order chi connectivity index (χ0) is 11.1. The van der Waals surface area contributed by atoms with Crippen molar-refractivity contribution in [2.24, 2.45) is 0 Å². The van der Waals surface area contributed by atoms with E-state index in [1.165, 1.54) is 0 Å². The van der Waals surface area contributed by atoms with Gasteiger partial charge in [0.25, 0.3) is 0 Å². The van der Waals surface area contributed by atoms with Gasteiger partial charge >= 0.3 is 0 Å². The Morgan fingerprint density at radius 1 is 1.67 bits per heavy atom. The van der Waals surface area contributed by atoms with Crippen molar-refractivity contribution in [3.63, 3.8) is 0 Å². The van der Waals surface area contributed by atoms with Gasteiger partial charge in [0.1, 0.15) is 5.60 Å². The molecule has 5 heteroatoms. The molecule has 1 fully saturated rings. The fourth-order valence-electron chi connectivity index (χ4n) is 1.91. The molecular formula is C10H15ClN2OS. The van der Waals surface area contributed by atoms with E-state index >= 15 is 0 Å². The molecule has 1 atom stereocenters. The molecule has 2 heterocycles. The number of rotatable bonds is 2. The summed E-state index contributed by atoms with van der Waals surface area (Å²) in [6.07, 6.45) is 2.38. The number of halogens is 1. The minimum atomic E-state index is -0.789. The number of aliphatic hydroxyl groups is 1. The molecule has 1 aromatic heterocycles. The Morgan fingerprint density at radius 3 is 2.93 bits per heavy atom. The molecule has 0 radical (unpaired) electrons. The van der Waals surface area contributed by atoms with Crippen LogP contribution in [-0.2, 0) is 5.60 Å². The maximum atomic E-state index is 10.5. The van der Waals surface area contributed by atoms with Crippen LogP contribution in [0.4, 0.5) is 0 Å². The third-order valence-corrected chi connectivity index (χ3v) is 4.13. The van der Waals surface area contributed by atoms with Crippen molar-refractivity contribution in [1.29, 1.82) is 0 Å². The third-order valence-electron chi connectivity index (χ3n) is 2.68. The minimum Gasteiger partial charge on any atom is -0.383 e.